The van der Waals surface area contributed by atoms with Crippen LogP contribution in [0.5, 0.6) is 0 Å². The number of nitrogens with two attached hydrogens (primary N) is 1. The van der Waals surface area contributed by atoms with Gasteiger partial charge in [0.25, 0.3) is 0 Å². The molecule has 0 saturated carbocycles. The maximum Gasteiger partial charge on any atom is 0.306 e. The van der Waals surface area contributed by atoms with Gasteiger partial charge in [-0.2, -0.15) is 0 Å². The monoisotopic (exact) mass is 313 g/mol. The minimum absolute atomic E-state index is 0.234. The van der Waals surface area contributed by atoms with E-state index in [0.717, 1.165) is 12.8 Å². The Morgan fingerprint density at radius 2 is 1.27 bits per heavy atom. The highest BCUT2D eigenvalue weighted by molar-refractivity contribution is 5.70. The molecule has 0 aliphatic heterocycles. The molecule has 132 valence electrons. The normalized spacial score (nSPS) is 12.7. The van der Waals surface area contributed by atoms with Crippen LogP contribution >= 0.6 is 0 Å². The first kappa shape index (κ1) is 21.4. The van der Waals surface area contributed by atoms with E-state index in [1.807, 2.05) is 0 Å². The van der Waals surface area contributed by atoms with Gasteiger partial charge in [0.1, 0.15) is 0 Å². The molecule has 0 amide bonds. The highest BCUT2D eigenvalue weighted by Gasteiger charge is 2.26. The van der Waals surface area contributed by atoms with Crippen molar-refractivity contribution in [2.75, 3.05) is 6.54 Å². The molecule has 0 radical (unpaired) electrons. The summed E-state index contributed by atoms with van der Waals surface area (Å²) in [5.74, 6) is -0.552. The predicted molar refractivity (Wildman–Crippen MR) is 95.0 cm³/mol. The fraction of sp³-hybridized carbons (Fsp3) is 0.947. The molecular formula is C19H39NO2. The summed E-state index contributed by atoms with van der Waals surface area (Å²) in [5.41, 5.74) is 5.63. The summed E-state index contributed by atoms with van der Waals surface area (Å²) in [5, 5.41) is 9.50. The Kier molecular flexibility index (Phi) is 14.9. The molecule has 0 rings (SSSR count). The SMILES string of the molecule is CCCCCCCC(CCCCCCC)C(CCN)C(=O)O. The van der Waals surface area contributed by atoms with Crippen molar-refractivity contribution >= 4 is 5.97 Å². The molecule has 0 aromatic carbocycles. The lowest BCUT2D eigenvalue weighted by molar-refractivity contribution is -0.144. The van der Waals surface area contributed by atoms with E-state index in [-0.39, 0.29) is 5.92 Å². The molecule has 0 aromatic rings. The molecule has 0 fully saturated rings. The van der Waals surface area contributed by atoms with Gasteiger partial charge in [-0.25, -0.2) is 0 Å². The molecule has 22 heavy (non-hydrogen) atoms. The van der Waals surface area contributed by atoms with Crippen molar-refractivity contribution in [3.05, 3.63) is 0 Å². The lowest BCUT2D eigenvalue weighted by Crippen LogP contribution is -2.26. The summed E-state index contributed by atoms with van der Waals surface area (Å²) in [4.78, 5) is 11.5. The highest BCUT2D eigenvalue weighted by atomic mass is 16.4. The first-order chi connectivity index (χ1) is 10.7. The second-order valence-electron chi connectivity index (χ2n) is 6.69. The molecule has 1 unspecified atom stereocenters. The summed E-state index contributed by atoms with van der Waals surface area (Å²) in [7, 11) is 0. The molecule has 0 bridgehead atoms. The van der Waals surface area contributed by atoms with Gasteiger partial charge in [-0.15, -0.1) is 0 Å². The molecular weight excluding hydrogens is 274 g/mol. The van der Waals surface area contributed by atoms with Crippen molar-refractivity contribution in [2.24, 2.45) is 17.6 Å². The average molecular weight is 314 g/mol. The second kappa shape index (κ2) is 15.3. The van der Waals surface area contributed by atoms with Crippen LogP contribution in [0.3, 0.4) is 0 Å². The van der Waals surface area contributed by atoms with Gasteiger partial charge in [-0.3, -0.25) is 4.79 Å². The Balaban J connectivity index is 4.24. The zero-order valence-corrected chi connectivity index (χ0v) is 15.0. The summed E-state index contributed by atoms with van der Waals surface area (Å²) in [6.45, 7) is 4.93. The van der Waals surface area contributed by atoms with Crippen LogP contribution in [0, 0.1) is 11.8 Å². The van der Waals surface area contributed by atoms with Crippen molar-refractivity contribution < 1.29 is 9.90 Å². The fourth-order valence-corrected chi connectivity index (χ4v) is 3.31. The van der Waals surface area contributed by atoms with Crippen molar-refractivity contribution in [2.45, 2.75) is 97.3 Å². The number of carboxylic acid groups (broad SMARTS) is 1. The van der Waals surface area contributed by atoms with Gasteiger partial charge in [-0.1, -0.05) is 78.1 Å². The van der Waals surface area contributed by atoms with Crippen LogP contribution in [-0.4, -0.2) is 17.6 Å². The van der Waals surface area contributed by atoms with E-state index in [4.69, 9.17) is 5.73 Å². The van der Waals surface area contributed by atoms with Crippen LogP contribution in [0.15, 0.2) is 0 Å². The van der Waals surface area contributed by atoms with Crippen LogP contribution in [0.1, 0.15) is 97.3 Å². The van der Waals surface area contributed by atoms with Gasteiger partial charge in [0.2, 0.25) is 0 Å². The third kappa shape index (κ3) is 11.1. The highest BCUT2D eigenvalue weighted by Crippen LogP contribution is 2.28. The zero-order valence-electron chi connectivity index (χ0n) is 15.0. The zero-order chi connectivity index (χ0) is 16.6. The molecule has 0 aliphatic carbocycles. The molecule has 3 heteroatoms. The van der Waals surface area contributed by atoms with Crippen LogP contribution in [0.4, 0.5) is 0 Å². The number of rotatable bonds is 16. The third-order valence-electron chi connectivity index (χ3n) is 4.72. The Morgan fingerprint density at radius 3 is 1.64 bits per heavy atom. The number of hydrogen-bond donors (Lipinski definition) is 2. The van der Waals surface area contributed by atoms with Gasteiger partial charge >= 0.3 is 5.97 Å². The van der Waals surface area contributed by atoms with Crippen LogP contribution in [0.2, 0.25) is 0 Å². The average Bonchev–Trinajstić information content (AvgIpc) is 2.50. The first-order valence-electron chi connectivity index (χ1n) is 9.60. The summed E-state index contributed by atoms with van der Waals surface area (Å²) < 4.78 is 0. The van der Waals surface area contributed by atoms with Gasteiger partial charge in [0, 0.05) is 0 Å². The number of carbonyl (C=O) groups is 1. The van der Waals surface area contributed by atoms with E-state index in [9.17, 15) is 9.90 Å². The first-order valence-corrected chi connectivity index (χ1v) is 9.60. The summed E-state index contributed by atoms with van der Waals surface area (Å²) in [6, 6.07) is 0. The van der Waals surface area contributed by atoms with Gasteiger partial charge in [0.15, 0.2) is 0 Å². The number of unbranched alkanes of at least 4 members (excludes halogenated alkanes) is 8. The lowest BCUT2D eigenvalue weighted by atomic mass is 9.81. The van der Waals surface area contributed by atoms with Crippen LogP contribution in [-0.2, 0) is 4.79 Å². The van der Waals surface area contributed by atoms with E-state index in [0.29, 0.717) is 18.9 Å². The molecule has 0 heterocycles. The second-order valence-corrected chi connectivity index (χ2v) is 6.69. The minimum Gasteiger partial charge on any atom is -0.481 e. The molecule has 0 spiro atoms. The van der Waals surface area contributed by atoms with E-state index < -0.39 is 5.97 Å². The lowest BCUT2D eigenvalue weighted by Gasteiger charge is -2.24. The standard InChI is InChI=1S/C19H39NO2/c1-3-5-7-9-11-13-17(14-12-10-8-6-4-2)18(15-16-20)19(21)22/h17-18H,3-16,20H2,1-2H3,(H,21,22). The number of hydrogen-bond acceptors (Lipinski definition) is 2. The number of aliphatic carboxylic acids is 1. The maximum absolute atomic E-state index is 11.5. The van der Waals surface area contributed by atoms with E-state index in [2.05, 4.69) is 13.8 Å². The largest absolute Gasteiger partial charge is 0.481 e. The van der Waals surface area contributed by atoms with Gasteiger partial charge < -0.3 is 10.8 Å². The van der Waals surface area contributed by atoms with E-state index in [1.165, 1.54) is 64.2 Å². The summed E-state index contributed by atoms with van der Waals surface area (Å²) in [6.07, 6.45) is 15.3. The smallest absolute Gasteiger partial charge is 0.306 e. The molecule has 0 aromatic heterocycles. The molecule has 3 N–H and O–H groups in total. The Hall–Kier alpha value is -0.570. The van der Waals surface area contributed by atoms with Gasteiger partial charge in [-0.05, 0) is 31.7 Å². The molecule has 0 saturated heterocycles. The van der Waals surface area contributed by atoms with Crippen molar-refractivity contribution in [1.82, 2.24) is 0 Å². The van der Waals surface area contributed by atoms with Gasteiger partial charge in [0.05, 0.1) is 5.92 Å². The Labute approximate surface area is 138 Å². The van der Waals surface area contributed by atoms with Crippen molar-refractivity contribution in [3.8, 4) is 0 Å². The van der Waals surface area contributed by atoms with E-state index in [1.54, 1.807) is 0 Å². The number of carboxylic acids is 1. The Morgan fingerprint density at radius 1 is 0.818 bits per heavy atom. The van der Waals surface area contributed by atoms with E-state index >= 15 is 0 Å². The predicted octanol–water partition coefficient (Wildman–Crippen LogP) is 5.37. The topological polar surface area (TPSA) is 63.3 Å². The summed E-state index contributed by atoms with van der Waals surface area (Å²) >= 11 is 0. The van der Waals surface area contributed by atoms with Crippen LogP contribution < -0.4 is 5.73 Å². The Bertz CT molecular complexity index is 242. The maximum atomic E-state index is 11.5. The third-order valence-corrected chi connectivity index (χ3v) is 4.72. The van der Waals surface area contributed by atoms with Crippen molar-refractivity contribution in [3.63, 3.8) is 0 Å². The molecule has 1 atom stereocenters. The fourth-order valence-electron chi connectivity index (χ4n) is 3.31. The molecule has 0 aliphatic rings. The minimum atomic E-state index is -0.641. The van der Waals surface area contributed by atoms with Crippen LogP contribution in [0.25, 0.3) is 0 Å². The molecule has 3 nitrogen and oxygen atoms in total. The quantitative estimate of drug-likeness (QED) is 0.376. The van der Waals surface area contributed by atoms with Crippen molar-refractivity contribution in [1.29, 1.82) is 0 Å².